The lowest BCUT2D eigenvalue weighted by Gasteiger charge is -2.29. The van der Waals surface area contributed by atoms with Gasteiger partial charge >= 0.3 is 0 Å². The van der Waals surface area contributed by atoms with Crippen LogP contribution < -0.4 is 10.6 Å². The van der Waals surface area contributed by atoms with Gasteiger partial charge in [-0.2, -0.15) is 0 Å². The molecule has 0 aromatic heterocycles. The number of hydrogen-bond donors (Lipinski definition) is 3. The van der Waals surface area contributed by atoms with Crippen molar-refractivity contribution in [3.63, 3.8) is 0 Å². The third-order valence-electron chi connectivity index (χ3n) is 5.20. The van der Waals surface area contributed by atoms with Crippen LogP contribution in [0.25, 0.3) is 0 Å². The van der Waals surface area contributed by atoms with E-state index in [4.69, 9.17) is 4.99 Å². The Morgan fingerprint density at radius 3 is 2.33 bits per heavy atom. The van der Waals surface area contributed by atoms with Crippen LogP contribution in [0.5, 0.6) is 0 Å². The van der Waals surface area contributed by atoms with Crippen LogP contribution in [-0.4, -0.2) is 62.2 Å². The first kappa shape index (κ1) is 26.4. The maximum absolute atomic E-state index is 12.7. The Balaban J connectivity index is 0.00000676. The highest BCUT2D eigenvalue weighted by molar-refractivity contribution is 14.0. The molecule has 6 nitrogen and oxygen atoms in total. The number of aliphatic hydroxyl groups excluding tert-OH is 1. The molecular weight excluding hydrogens is 455 g/mol. The predicted molar refractivity (Wildman–Crippen MR) is 124 cm³/mol. The smallest absolute Gasteiger partial charge is 0.230 e. The molecule has 1 aliphatic rings. The van der Waals surface area contributed by atoms with Crippen LogP contribution in [0, 0.1) is 17.3 Å². The number of carbonyl (C=O) groups is 1. The number of guanidine groups is 1. The summed E-state index contributed by atoms with van der Waals surface area (Å²) in [5, 5.41) is 16.0. The number of aliphatic hydroxyl groups is 1. The van der Waals surface area contributed by atoms with E-state index < -0.39 is 0 Å². The van der Waals surface area contributed by atoms with Crippen molar-refractivity contribution in [1.29, 1.82) is 0 Å². The molecule has 0 spiro atoms. The molecule has 3 N–H and O–H groups in total. The zero-order valence-corrected chi connectivity index (χ0v) is 20.2. The van der Waals surface area contributed by atoms with Crippen LogP contribution in [0.1, 0.15) is 59.3 Å². The van der Waals surface area contributed by atoms with Crippen molar-refractivity contribution in [2.45, 2.75) is 59.3 Å². The van der Waals surface area contributed by atoms with E-state index in [2.05, 4.69) is 24.5 Å². The molecule has 0 aliphatic heterocycles. The highest BCUT2D eigenvalue weighted by Crippen LogP contribution is 2.39. The molecule has 0 bridgehead atoms. The number of nitrogens with one attached hydrogen (secondary N) is 2. The fraction of sp³-hybridized carbons (Fsp3) is 0.900. The summed E-state index contributed by atoms with van der Waals surface area (Å²) in [7, 11) is 3.67. The molecule has 1 rings (SSSR count). The standard InChI is InChI=1S/C20H40N4O2.HI/c1-6-21-19(22-14-17(9-12-25)13-16(2)3)23-15-20(10-7-8-11-20)18(26)24(4)5;/h16-17,25H,6-15H2,1-5H3,(H2,21,22,23);1H. The number of rotatable bonds is 10. The molecule has 1 aliphatic carbocycles. The Labute approximate surface area is 183 Å². The summed E-state index contributed by atoms with van der Waals surface area (Å²) in [4.78, 5) is 19.2. The van der Waals surface area contributed by atoms with Crippen LogP contribution >= 0.6 is 24.0 Å². The number of carbonyl (C=O) groups excluding carboxylic acids is 1. The molecule has 1 unspecified atom stereocenters. The Bertz CT molecular complexity index is 449. The van der Waals surface area contributed by atoms with Crippen LogP contribution in [0.4, 0.5) is 0 Å². The molecule has 27 heavy (non-hydrogen) atoms. The van der Waals surface area contributed by atoms with Gasteiger partial charge < -0.3 is 20.6 Å². The highest BCUT2D eigenvalue weighted by Gasteiger charge is 2.42. The van der Waals surface area contributed by atoms with Gasteiger partial charge in [-0.25, -0.2) is 0 Å². The first-order chi connectivity index (χ1) is 12.3. The van der Waals surface area contributed by atoms with Gasteiger partial charge in [0, 0.05) is 33.8 Å². The van der Waals surface area contributed by atoms with E-state index in [-0.39, 0.29) is 41.9 Å². The molecule has 1 atom stereocenters. The second-order valence-electron chi connectivity index (χ2n) is 8.27. The maximum Gasteiger partial charge on any atom is 0.230 e. The predicted octanol–water partition coefficient (Wildman–Crippen LogP) is 2.85. The summed E-state index contributed by atoms with van der Waals surface area (Å²) in [6.07, 6.45) is 5.93. The van der Waals surface area contributed by atoms with E-state index in [9.17, 15) is 9.90 Å². The van der Waals surface area contributed by atoms with Gasteiger partial charge in [0.2, 0.25) is 5.91 Å². The van der Waals surface area contributed by atoms with Crippen LogP contribution in [0.3, 0.4) is 0 Å². The Kier molecular flexibility index (Phi) is 13.3. The number of aliphatic imine (C=N–C) groups is 1. The fourth-order valence-electron chi connectivity index (χ4n) is 3.93. The third-order valence-corrected chi connectivity index (χ3v) is 5.20. The normalized spacial score (nSPS) is 17.4. The molecule has 0 saturated heterocycles. The number of amides is 1. The Morgan fingerprint density at radius 1 is 1.22 bits per heavy atom. The molecule has 1 fully saturated rings. The molecule has 1 amide bonds. The van der Waals surface area contributed by atoms with Gasteiger partial charge in [-0.3, -0.25) is 9.79 Å². The van der Waals surface area contributed by atoms with Crippen LogP contribution in [0.2, 0.25) is 0 Å². The number of hydrogen-bond acceptors (Lipinski definition) is 3. The first-order valence-corrected chi connectivity index (χ1v) is 10.2. The molecule has 0 aromatic carbocycles. The summed E-state index contributed by atoms with van der Waals surface area (Å²) >= 11 is 0. The summed E-state index contributed by atoms with van der Waals surface area (Å²) in [5.41, 5.74) is -0.339. The minimum atomic E-state index is -0.339. The lowest BCUT2D eigenvalue weighted by molar-refractivity contribution is -0.138. The van der Waals surface area contributed by atoms with E-state index in [0.717, 1.165) is 57.6 Å². The van der Waals surface area contributed by atoms with Gasteiger partial charge in [0.05, 0.1) is 12.0 Å². The Morgan fingerprint density at radius 2 is 1.85 bits per heavy atom. The van der Waals surface area contributed by atoms with Crippen molar-refractivity contribution in [3.8, 4) is 0 Å². The molecule has 0 aromatic rings. The van der Waals surface area contributed by atoms with E-state index in [0.29, 0.717) is 18.4 Å². The van der Waals surface area contributed by atoms with Gasteiger partial charge in [0.1, 0.15) is 0 Å². The summed E-state index contributed by atoms with van der Waals surface area (Å²) in [6, 6.07) is 0. The molecule has 0 heterocycles. The fourth-order valence-corrected chi connectivity index (χ4v) is 3.93. The quantitative estimate of drug-likeness (QED) is 0.247. The molecular formula is C20H41IN4O2. The van der Waals surface area contributed by atoms with Crippen molar-refractivity contribution in [2.75, 3.05) is 40.3 Å². The number of halogens is 1. The minimum Gasteiger partial charge on any atom is -0.396 e. The minimum absolute atomic E-state index is 0. The second-order valence-corrected chi connectivity index (χ2v) is 8.27. The van der Waals surface area contributed by atoms with E-state index in [1.54, 1.807) is 4.90 Å². The van der Waals surface area contributed by atoms with Crippen molar-refractivity contribution >= 4 is 35.8 Å². The third kappa shape index (κ3) is 8.98. The topological polar surface area (TPSA) is 77.0 Å². The summed E-state index contributed by atoms with van der Waals surface area (Å²) in [5.74, 6) is 2.00. The van der Waals surface area contributed by atoms with Gasteiger partial charge in [-0.15, -0.1) is 24.0 Å². The number of nitrogens with zero attached hydrogens (tertiary/aromatic N) is 2. The van der Waals surface area contributed by atoms with Gasteiger partial charge in [-0.1, -0.05) is 26.7 Å². The average Bonchev–Trinajstić information content (AvgIpc) is 3.06. The SMILES string of the molecule is CCNC(=NCC1(C(=O)N(C)C)CCCC1)NCC(CCO)CC(C)C.I. The first-order valence-electron chi connectivity index (χ1n) is 10.2. The van der Waals surface area contributed by atoms with E-state index in [1.165, 1.54) is 0 Å². The van der Waals surface area contributed by atoms with Crippen LogP contribution in [-0.2, 0) is 4.79 Å². The van der Waals surface area contributed by atoms with Gasteiger partial charge in [-0.05, 0) is 44.4 Å². The van der Waals surface area contributed by atoms with Crippen molar-refractivity contribution in [1.82, 2.24) is 15.5 Å². The lowest BCUT2D eigenvalue weighted by Crippen LogP contribution is -2.44. The molecule has 7 heteroatoms. The maximum atomic E-state index is 12.7. The highest BCUT2D eigenvalue weighted by atomic mass is 127. The van der Waals surface area contributed by atoms with Crippen molar-refractivity contribution in [3.05, 3.63) is 0 Å². The van der Waals surface area contributed by atoms with Crippen molar-refractivity contribution in [2.24, 2.45) is 22.2 Å². The molecule has 160 valence electrons. The Hall–Kier alpha value is -0.570. The van der Waals surface area contributed by atoms with Gasteiger partial charge in [0.15, 0.2) is 5.96 Å². The largest absolute Gasteiger partial charge is 0.396 e. The lowest BCUT2D eigenvalue weighted by atomic mass is 9.85. The van der Waals surface area contributed by atoms with Gasteiger partial charge in [0.25, 0.3) is 0 Å². The van der Waals surface area contributed by atoms with E-state index >= 15 is 0 Å². The summed E-state index contributed by atoms with van der Waals surface area (Å²) in [6.45, 7) is 8.80. The monoisotopic (exact) mass is 496 g/mol. The second kappa shape index (κ2) is 13.6. The van der Waals surface area contributed by atoms with E-state index in [1.807, 2.05) is 21.0 Å². The molecule has 1 saturated carbocycles. The average molecular weight is 496 g/mol. The summed E-state index contributed by atoms with van der Waals surface area (Å²) < 4.78 is 0. The zero-order valence-electron chi connectivity index (χ0n) is 17.9. The zero-order chi connectivity index (χ0) is 19.6. The van der Waals surface area contributed by atoms with Crippen LogP contribution in [0.15, 0.2) is 4.99 Å². The molecule has 0 radical (unpaired) electrons. The van der Waals surface area contributed by atoms with Crippen molar-refractivity contribution < 1.29 is 9.90 Å².